The van der Waals surface area contributed by atoms with Crippen LogP contribution in [0.4, 0.5) is 5.69 Å². The van der Waals surface area contributed by atoms with Crippen LogP contribution in [-0.2, 0) is 13.1 Å². The molecule has 4 rings (SSSR count). The highest BCUT2D eigenvalue weighted by Crippen LogP contribution is 2.25. The molecule has 1 saturated heterocycles. The molecule has 0 spiro atoms. The number of benzene rings is 2. The summed E-state index contributed by atoms with van der Waals surface area (Å²) in [7, 11) is 0. The molecule has 174 valence electrons. The van der Waals surface area contributed by atoms with Crippen molar-refractivity contribution >= 4 is 46.2 Å². The molecule has 0 bridgehead atoms. The Morgan fingerprint density at radius 3 is 2.33 bits per heavy atom. The van der Waals surface area contributed by atoms with Crippen LogP contribution in [-0.4, -0.2) is 50.9 Å². The van der Waals surface area contributed by atoms with Crippen LogP contribution in [0.5, 0.6) is 0 Å². The van der Waals surface area contributed by atoms with Crippen LogP contribution in [0.3, 0.4) is 0 Å². The molecule has 0 aliphatic carbocycles. The van der Waals surface area contributed by atoms with E-state index in [0.29, 0.717) is 16.6 Å². The number of rotatable bonds is 5. The largest absolute Gasteiger partial charge is 0.346 e. The van der Waals surface area contributed by atoms with Gasteiger partial charge in [0.25, 0.3) is 0 Å². The van der Waals surface area contributed by atoms with Crippen LogP contribution in [0.25, 0.3) is 0 Å². The van der Waals surface area contributed by atoms with Crippen LogP contribution in [0, 0.1) is 20.8 Å². The fraction of sp³-hybridized carbons (Fsp3) is 0.360. The number of anilines is 1. The average Bonchev–Trinajstić information content (AvgIpc) is 3.05. The third-order valence-electron chi connectivity index (χ3n) is 6.13. The van der Waals surface area contributed by atoms with Gasteiger partial charge in [0, 0.05) is 42.8 Å². The van der Waals surface area contributed by atoms with E-state index in [1.54, 1.807) is 6.07 Å². The Balaban J connectivity index is 1.35. The van der Waals surface area contributed by atoms with E-state index in [1.807, 2.05) is 30.7 Å². The molecular formula is C25H29Cl2N5S. The lowest BCUT2D eigenvalue weighted by atomic mass is 10.1. The van der Waals surface area contributed by atoms with E-state index in [-0.39, 0.29) is 0 Å². The lowest BCUT2D eigenvalue weighted by molar-refractivity contribution is 0.177. The van der Waals surface area contributed by atoms with E-state index < -0.39 is 0 Å². The van der Waals surface area contributed by atoms with E-state index in [1.165, 1.54) is 11.1 Å². The lowest BCUT2D eigenvalue weighted by Gasteiger charge is -2.36. The minimum absolute atomic E-state index is 0.578. The Bertz CT molecular complexity index is 1130. The van der Waals surface area contributed by atoms with Crippen molar-refractivity contribution in [1.82, 2.24) is 19.6 Å². The molecule has 1 aliphatic rings. The zero-order valence-electron chi connectivity index (χ0n) is 19.2. The zero-order valence-corrected chi connectivity index (χ0v) is 21.6. The van der Waals surface area contributed by atoms with Gasteiger partial charge in [-0.25, -0.2) is 0 Å². The molecular weight excluding hydrogens is 473 g/mol. The van der Waals surface area contributed by atoms with Gasteiger partial charge in [0.15, 0.2) is 5.11 Å². The highest BCUT2D eigenvalue weighted by atomic mass is 35.5. The van der Waals surface area contributed by atoms with Crippen LogP contribution >= 0.6 is 35.4 Å². The number of halogens is 2. The summed E-state index contributed by atoms with van der Waals surface area (Å²) in [6.45, 7) is 11.5. The second-order valence-electron chi connectivity index (χ2n) is 8.62. The number of hydrogen-bond acceptors (Lipinski definition) is 3. The van der Waals surface area contributed by atoms with E-state index in [2.05, 4.69) is 46.3 Å². The minimum atomic E-state index is 0.578. The summed E-state index contributed by atoms with van der Waals surface area (Å²) in [5.74, 6) is 0. The third kappa shape index (κ3) is 5.87. The lowest BCUT2D eigenvalue weighted by Crippen LogP contribution is -2.49. The van der Waals surface area contributed by atoms with Crippen LogP contribution in [0.2, 0.25) is 10.0 Å². The number of nitrogens with one attached hydrogen (secondary N) is 1. The Morgan fingerprint density at radius 2 is 1.67 bits per heavy atom. The van der Waals surface area contributed by atoms with Gasteiger partial charge in [0.1, 0.15) is 0 Å². The van der Waals surface area contributed by atoms with Crippen molar-refractivity contribution in [2.45, 2.75) is 33.9 Å². The molecule has 5 nitrogen and oxygen atoms in total. The average molecular weight is 503 g/mol. The SMILES string of the molecule is Cc1ccc(CN2CCN(C(=S)Nc3c(C)nn(Cc4ccc(Cl)cc4Cl)c3C)CC2)cc1. The second kappa shape index (κ2) is 10.4. The van der Waals surface area contributed by atoms with Crippen LogP contribution in [0.15, 0.2) is 42.5 Å². The van der Waals surface area contributed by atoms with Crippen LogP contribution < -0.4 is 5.32 Å². The zero-order chi connectivity index (χ0) is 23.5. The molecule has 2 aromatic carbocycles. The summed E-state index contributed by atoms with van der Waals surface area (Å²) < 4.78 is 1.95. The van der Waals surface area contributed by atoms with Crippen molar-refractivity contribution in [2.75, 3.05) is 31.5 Å². The van der Waals surface area contributed by atoms with Crippen LogP contribution in [0.1, 0.15) is 28.1 Å². The summed E-state index contributed by atoms with van der Waals surface area (Å²) in [4.78, 5) is 4.72. The van der Waals surface area contributed by atoms with Crippen molar-refractivity contribution in [2.24, 2.45) is 0 Å². The van der Waals surface area contributed by atoms with Crippen molar-refractivity contribution < 1.29 is 0 Å². The summed E-state index contributed by atoms with van der Waals surface area (Å²) >= 11 is 18.1. The summed E-state index contributed by atoms with van der Waals surface area (Å²) in [5.41, 5.74) is 6.54. The Morgan fingerprint density at radius 1 is 0.970 bits per heavy atom. The number of nitrogens with zero attached hydrogens (tertiary/aromatic N) is 4. The van der Waals surface area contributed by atoms with E-state index in [9.17, 15) is 0 Å². The molecule has 1 fully saturated rings. The second-order valence-corrected chi connectivity index (χ2v) is 9.85. The topological polar surface area (TPSA) is 36.3 Å². The summed E-state index contributed by atoms with van der Waals surface area (Å²) in [6.07, 6.45) is 0. The Labute approximate surface area is 211 Å². The van der Waals surface area contributed by atoms with E-state index >= 15 is 0 Å². The minimum Gasteiger partial charge on any atom is -0.346 e. The quantitative estimate of drug-likeness (QED) is 0.455. The maximum Gasteiger partial charge on any atom is 0.173 e. The molecule has 3 aromatic rings. The Kier molecular flexibility index (Phi) is 7.59. The maximum absolute atomic E-state index is 6.36. The van der Waals surface area contributed by atoms with Gasteiger partial charge in [0.2, 0.25) is 0 Å². The van der Waals surface area contributed by atoms with Gasteiger partial charge >= 0.3 is 0 Å². The van der Waals surface area contributed by atoms with Gasteiger partial charge in [-0.1, -0.05) is 59.1 Å². The van der Waals surface area contributed by atoms with E-state index in [0.717, 1.165) is 60.5 Å². The number of aromatic nitrogens is 2. The van der Waals surface area contributed by atoms with Gasteiger partial charge in [0.05, 0.1) is 23.6 Å². The molecule has 2 heterocycles. The number of aryl methyl sites for hydroxylation is 2. The van der Waals surface area contributed by atoms with Crippen molar-refractivity contribution in [1.29, 1.82) is 0 Å². The highest BCUT2D eigenvalue weighted by Gasteiger charge is 2.21. The molecule has 8 heteroatoms. The molecule has 1 aliphatic heterocycles. The first-order chi connectivity index (χ1) is 15.8. The molecule has 1 aromatic heterocycles. The molecule has 0 saturated carbocycles. The standard InChI is InChI=1S/C25H29Cl2N5S/c1-17-4-6-20(7-5-17)15-30-10-12-31(13-11-30)25(33)28-24-18(2)29-32(19(24)3)16-21-8-9-22(26)14-23(21)27/h4-9,14H,10-13,15-16H2,1-3H3,(H,28,33). The molecule has 1 N–H and O–H groups in total. The van der Waals surface area contributed by atoms with Crippen molar-refractivity contribution in [3.05, 3.63) is 80.6 Å². The van der Waals surface area contributed by atoms with Gasteiger partial charge in [-0.2, -0.15) is 5.10 Å². The number of hydrogen-bond donors (Lipinski definition) is 1. The molecule has 0 radical (unpaired) electrons. The summed E-state index contributed by atoms with van der Waals surface area (Å²) in [6, 6.07) is 14.3. The van der Waals surface area contributed by atoms with Gasteiger partial charge in [-0.15, -0.1) is 0 Å². The maximum atomic E-state index is 6.36. The first kappa shape index (κ1) is 24.0. The molecule has 33 heavy (non-hydrogen) atoms. The van der Waals surface area contributed by atoms with Crippen molar-refractivity contribution in [3.8, 4) is 0 Å². The molecule has 0 amide bonds. The Hall–Kier alpha value is -2.12. The molecule has 0 atom stereocenters. The van der Waals surface area contributed by atoms with Crippen molar-refractivity contribution in [3.63, 3.8) is 0 Å². The fourth-order valence-corrected chi connectivity index (χ4v) is 4.84. The van der Waals surface area contributed by atoms with Gasteiger partial charge in [-0.05, 0) is 56.2 Å². The first-order valence-electron chi connectivity index (χ1n) is 11.1. The van der Waals surface area contributed by atoms with E-state index in [4.69, 9.17) is 40.5 Å². The number of thiocarbonyl (C=S) groups is 1. The first-order valence-corrected chi connectivity index (χ1v) is 12.3. The van der Waals surface area contributed by atoms with Gasteiger partial charge < -0.3 is 10.2 Å². The smallest absolute Gasteiger partial charge is 0.173 e. The van der Waals surface area contributed by atoms with Gasteiger partial charge in [-0.3, -0.25) is 9.58 Å². The predicted octanol–water partition coefficient (Wildman–Crippen LogP) is 5.68. The number of piperazine rings is 1. The highest BCUT2D eigenvalue weighted by molar-refractivity contribution is 7.80. The monoisotopic (exact) mass is 501 g/mol. The third-order valence-corrected chi connectivity index (χ3v) is 7.08. The fourth-order valence-electron chi connectivity index (χ4n) is 4.09. The predicted molar refractivity (Wildman–Crippen MR) is 142 cm³/mol. The molecule has 0 unspecified atom stereocenters. The summed E-state index contributed by atoms with van der Waals surface area (Å²) in [5, 5.41) is 10.2. The normalized spacial score (nSPS) is 14.5.